The Morgan fingerprint density at radius 2 is 1.84 bits per heavy atom. The Morgan fingerprint density at radius 3 is 2.61 bits per heavy atom. The highest BCUT2D eigenvalue weighted by Crippen LogP contribution is 2.20. The van der Waals surface area contributed by atoms with Crippen molar-refractivity contribution < 1.29 is 14.3 Å². The minimum atomic E-state index is -0.365. The first kappa shape index (κ1) is 22.7. The molecular weight excluding hydrogens is 390 g/mol. The lowest BCUT2D eigenvalue weighted by Crippen LogP contribution is -2.35. The third kappa shape index (κ3) is 6.23. The van der Waals surface area contributed by atoms with E-state index in [9.17, 15) is 4.79 Å². The van der Waals surface area contributed by atoms with Gasteiger partial charge in [-0.2, -0.15) is 0 Å². The van der Waals surface area contributed by atoms with Crippen molar-refractivity contribution in [1.82, 2.24) is 14.9 Å². The van der Waals surface area contributed by atoms with Crippen LogP contribution in [-0.4, -0.2) is 35.7 Å². The van der Waals surface area contributed by atoms with E-state index in [0.717, 1.165) is 54.2 Å². The van der Waals surface area contributed by atoms with E-state index in [1.807, 2.05) is 63.2 Å². The summed E-state index contributed by atoms with van der Waals surface area (Å²) in [6.45, 7) is 7.87. The number of carbonyl (C=O) groups is 1. The van der Waals surface area contributed by atoms with Crippen molar-refractivity contribution in [2.75, 3.05) is 20.3 Å². The molecule has 0 saturated heterocycles. The quantitative estimate of drug-likeness (QED) is 0.484. The molecule has 0 saturated carbocycles. The van der Waals surface area contributed by atoms with Gasteiger partial charge in [0.05, 0.1) is 24.8 Å². The molecule has 6 heteroatoms. The van der Waals surface area contributed by atoms with Crippen LogP contribution < -0.4 is 14.8 Å². The number of ether oxygens (including phenoxy) is 2. The smallest absolute Gasteiger partial charge is 0.225 e. The van der Waals surface area contributed by atoms with Crippen molar-refractivity contribution in [1.29, 1.82) is 0 Å². The Kier molecular flexibility index (Phi) is 7.55. The molecular formula is C25H33N3O3. The number of aryl methyl sites for hydroxylation is 2. The lowest BCUT2D eigenvalue weighted by Gasteiger charge is -2.17. The van der Waals surface area contributed by atoms with Gasteiger partial charge in [-0.1, -0.05) is 39.0 Å². The van der Waals surface area contributed by atoms with Gasteiger partial charge in [-0.05, 0) is 37.1 Å². The van der Waals surface area contributed by atoms with Gasteiger partial charge in [0.2, 0.25) is 5.91 Å². The van der Waals surface area contributed by atoms with Gasteiger partial charge < -0.3 is 19.4 Å². The van der Waals surface area contributed by atoms with E-state index in [2.05, 4.69) is 16.0 Å². The highest BCUT2D eigenvalue weighted by Gasteiger charge is 2.20. The van der Waals surface area contributed by atoms with E-state index in [0.29, 0.717) is 13.2 Å². The van der Waals surface area contributed by atoms with Crippen LogP contribution in [-0.2, 0) is 17.8 Å². The van der Waals surface area contributed by atoms with E-state index in [-0.39, 0.29) is 11.3 Å². The van der Waals surface area contributed by atoms with Gasteiger partial charge in [-0.3, -0.25) is 4.79 Å². The van der Waals surface area contributed by atoms with E-state index < -0.39 is 0 Å². The molecule has 0 fully saturated rings. The second-order valence-corrected chi connectivity index (χ2v) is 8.66. The molecule has 2 aromatic carbocycles. The molecule has 0 aliphatic carbocycles. The van der Waals surface area contributed by atoms with Crippen LogP contribution in [0.5, 0.6) is 11.5 Å². The lowest BCUT2D eigenvalue weighted by atomic mass is 9.96. The van der Waals surface area contributed by atoms with Crippen molar-refractivity contribution in [3.05, 3.63) is 54.4 Å². The van der Waals surface area contributed by atoms with Gasteiger partial charge in [0, 0.05) is 31.0 Å². The average molecular weight is 424 g/mol. The summed E-state index contributed by atoms with van der Waals surface area (Å²) >= 11 is 0. The monoisotopic (exact) mass is 423 g/mol. The van der Waals surface area contributed by atoms with Crippen molar-refractivity contribution in [3.8, 4) is 11.5 Å². The third-order valence-corrected chi connectivity index (χ3v) is 5.11. The maximum Gasteiger partial charge on any atom is 0.225 e. The number of rotatable bonds is 10. The van der Waals surface area contributed by atoms with Crippen LogP contribution in [0.2, 0.25) is 0 Å². The van der Waals surface area contributed by atoms with E-state index in [1.165, 1.54) is 0 Å². The number of nitrogens with one attached hydrogen (secondary N) is 1. The Hall–Kier alpha value is -3.02. The standard InChI is InChI=1S/C25H33N3O3/c1-25(2,3)24(29)26-15-8-14-23-27-21-12-5-6-13-22(21)28(23)16-9-17-31-20-11-7-10-19(18-20)30-4/h5-7,10-13,18H,8-9,14-17H2,1-4H3,(H,26,29). The van der Waals surface area contributed by atoms with Gasteiger partial charge in [-0.15, -0.1) is 0 Å². The lowest BCUT2D eigenvalue weighted by molar-refractivity contribution is -0.128. The van der Waals surface area contributed by atoms with Gasteiger partial charge in [0.15, 0.2) is 0 Å². The van der Waals surface area contributed by atoms with E-state index >= 15 is 0 Å². The number of nitrogens with zero attached hydrogens (tertiary/aromatic N) is 2. The molecule has 1 heterocycles. The minimum Gasteiger partial charge on any atom is -0.497 e. The predicted octanol–water partition coefficient (Wildman–Crippen LogP) is 4.61. The number of imidazole rings is 1. The van der Waals surface area contributed by atoms with Crippen LogP contribution in [0.15, 0.2) is 48.5 Å². The van der Waals surface area contributed by atoms with Crippen molar-refractivity contribution in [3.63, 3.8) is 0 Å². The maximum absolute atomic E-state index is 12.1. The molecule has 31 heavy (non-hydrogen) atoms. The molecule has 0 atom stereocenters. The highest BCUT2D eigenvalue weighted by atomic mass is 16.5. The number of methoxy groups -OCH3 is 1. The van der Waals surface area contributed by atoms with E-state index in [4.69, 9.17) is 14.5 Å². The number of carbonyl (C=O) groups excluding carboxylic acids is 1. The average Bonchev–Trinajstić information content (AvgIpc) is 3.11. The summed E-state index contributed by atoms with van der Waals surface area (Å²) in [6, 6.07) is 15.9. The van der Waals surface area contributed by atoms with Crippen molar-refractivity contribution in [2.24, 2.45) is 5.41 Å². The SMILES string of the molecule is COc1cccc(OCCCn2c(CCCNC(=O)C(C)(C)C)nc3ccccc32)c1. The molecule has 0 aliphatic heterocycles. The zero-order valence-corrected chi connectivity index (χ0v) is 19.0. The molecule has 0 spiro atoms. The summed E-state index contributed by atoms with van der Waals surface area (Å²) < 4.78 is 13.4. The fourth-order valence-electron chi connectivity index (χ4n) is 3.38. The number of para-hydroxylation sites is 2. The van der Waals surface area contributed by atoms with Crippen LogP contribution >= 0.6 is 0 Å². The van der Waals surface area contributed by atoms with Crippen LogP contribution in [0, 0.1) is 5.41 Å². The topological polar surface area (TPSA) is 65.4 Å². The summed E-state index contributed by atoms with van der Waals surface area (Å²) in [6.07, 6.45) is 2.53. The number of aromatic nitrogens is 2. The molecule has 0 radical (unpaired) electrons. The number of hydrogen-bond acceptors (Lipinski definition) is 4. The molecule has 0 bridgehead atoms. The summed E-state index contributed by atoms with van der Waals surface area (Å²) in [5.41, 5.74) is 1.78. The summed E-state index contributed by atoms with van der Waals surface area (Å²) in [5, 5.41) is 3.02. The maximum atomic E-state index is 12.1. The molecule has 6 nitrogen and oxygen atoms in total. The molecule has 1 amide bonds. The summed E-state index contributed by atoms with van der Waals surface area (Å²) in [4.78, 5) is 16.9. The van der Waals surface area contributed by atoms with Crippen LogP contribution in [0.3, 0.4) is 0 Å². The zero-order valence-electron chi connectivity index (χ0n) is 19.0. The van der Waals surface area contributed by atoms with Crippen molar-refractivity contribution >= 4 is 16.9 Å². The number of benzene rings is 2. The van der Waals surface area contributed by atoms with Gasteiger partial charge in [0.1, 0.15) is 17.3 Å². The normalized spacial score (nSPS) is 11.5. The Morgan fingerprint density at radius 1 is 1.06 bits per heavy atom. The first-order valence-electron chi connectivity index (χ1n) is 10.9. The van der Waals surface area contributed by atoms with Crippen molar-refractivity contribution in [2.45, 2.75) is 46.6 Å². The fourth-order valence-corrected chi connectivity index (χ4v) is 3.38. The van der Waals surface area contributed by atoms with Gasteiger partial charge in [-0.25, -0.2) is 4.98 Å². The number of fused-ring (bicyclic) bond motifs is 1. The molecule has 0 unspecified atom stereocenters. The fraction of sp³-hybridized carbons (Fsp3) is 0.440. The molecule has 3 rings (SSSR count). The molecule has 166 valence electrons. The number of hydrogen-bond donors (Lipinski definition) is 1. The zero-order chi connectivity index (χ0) is 22.3. The largest absolute Gasteiger partial charge is 0.497 e. The Balaban J connectivity index is 1.58. The Labute approximate surface area is 184 Å². The van der Waals surface area contributed by atoms with Gasteiger partial charge in [0.25, 0.3) is 0 Å². The molecule has 0 aliphatic rings. The van der Waals surface area contributed by atoms with Crippen LogP contribution in [0.4, 0.5) is 0 Å². The van der Waals surface area contributed by atoms with Gasteiger partial charge >= 0.3 is 0 Å². The predicted molar refractivity (Wildman–Crippen MR) is 124 cm³/mol. The van der Waals surface area contributed by atoms with E-state index in [1.54, 1.807) is 7.11 Å². The summed E-state index contributed by atoms with van der Waals surface area (Å²) in [5.74, 6) is 2.73. The Bertz CT molecular complexity index is 1000. The molecule has 1 N–H and O–H groups in total. The first-order valence-corrected chi connectivity index (χ1v) is 10.9. The third-order valence-electron chi connectivity index (χ3n) is 5.11. The van der Waals surface area contributed by atoms with Crippen LogP contribution in [0.1, 0.15) is 39.4 Å². The first-order chi connectivity index (χ1) is 14.9. The molecule has 3 aromatic rings. The summed E-state index contributed by atoms with van der Waals surface area (Å²) in [7, 11) is 1.65. The second kappa shape index (κ2) is 10.3. The second-order valence-electron chi connectivity index (χ2n) is 8.66. The number of amides is 1. The van der Waals surface area contributed by atoms with Crippen LogP contribution in [0.25, 0.3) is 11.0 Å². The minimum absolute atomic E-state index is 0.0793. The highest BCUT2D eigenvalue weighted by molar-refractivity contribution is 5.81. The molecule has 1 aromatic heterocycles.